The highest BCUT2D eigenvalue weighted by Crippen LogP contribution is 2.14. The van der Waals surface area contributed by atoms with Crippen LogP contribution in [0, 0.1) is 0 Å². The van der Waals surface area contributed by atoms with E-state index in [0.717, 1.165) is 19.3 Å². The fourth-order valence-electron chi connectivity index (χ4n) is 4.89. The van der Waals surface area contributed by atoms with Crippen LogP contribution in [-0.4, -0.2) is 161 Å². The SMILES string of the molecule is CCCCCCCCCCCCCCCCCCOC(=O)CC(C(=O)O)S(=O)(=O)O.OCCN(CCO)CCO.OCCN(CCO)CCO. The van der Waals surface area contributed by atoms with Gasteiger partial charge in [-0.25, -0.2) is 0 Å². The quantitative estimate of drug-likeness (QED) is 0.0272. The molecule has 50 heavy (non-hydrogen) atoms. The van der Waals surface area contributed by atoms with Crippen molar-refractivity contribution in [3.63, 3.8) is 0 Å². The lowest BCUT2D eigenvalue weighted by atomic mass is 10.0. The Morgan fingerprint density at radius 2 is 0.820 bits per heavy atom. The summed E-state index contributed by atoms with van der Waals surface area (Å²) >= 11 is 0. The van der Waals surface area contributed by atoms with Gasteiger partial charge in [0.2, 0.25) is 0 Å². The number of ether oxygens (including phenoxy) is 1. The van der Waals surface area contributed by atoms with Gasteiger partial charge in [-0.05, 0) is 6.42 Å². The zero-order valence-electron chi connectivity index (χ0n) is 30.7. The molecule has 0 radical (unpaired) electrons. The monoisotopic (exact) mass is 748 g/mol. The summed E-state index contributed by atoms with van der Waals surface area (Å²) in [5.74, 6) is -2.70. The van der Waals surface area contributed by atoms with E-state index in [0.29, 0.717) is 45.7 Å². The van der Waals surface area contributed by atoms with Gasteiger partial charge in [-0.3, -0.25) is 23.9 Å². The number of nitrogens with zero attached hydrogens (tertiary/aromatic N) is 2. The Kier molecular flexibility index (Phi) is 42.6. The number of hydrogen-bond donors (Lipinski definition) is 8. The van der Waals surface area contributed by atoms with Crippen LogP contribution in [0.15, 0.2) is 0 Å². The second-order valence-corrected chi connectivity index (χ2v) is 13.7. The van der Waals surface area contributed by atoms with Crippen molar-refractivity contribution in [2.24, 2.45) is 0 Å². The van der Waals surface area contributed by atoms with Crippen LogP contribution in [0.25, 0.3) is 0 Å². The zero-order valence-corrected chi connectivity index (χ0v) is 31.5. The van der Waals surface area contributed by atoms with E-state index in [-0.39, 0.29) is 46.2 Å². The first kappa shape index (κ1) is 52.9. The van der Waals surface area contributed by atoms with Gasteiger partial charge in [-0.15, -0.1) is 0 Å². The minimum Gasteiger partial charge on any atom is -0.480 e. The van der Waals surface area contributed by atoms with Gasteiger partial charge in [0.25, 0.3) is 10.1 Å². The maximum atomic E-state index is 11.5. The molecule has 0 fully saturated rings. The van der Waals surface area contributed by atoms with Crippen molar-refractivity contribution in [2.75, 3.05) is 85.5 Å². The Morgan fingerprint density at radius 3 is 1.06 bits per heavy atom. The first-order valence-electron chi connectivity index (χ1n) is 18.4. The van der Waals surface area contributed by atoms with Crippen molar-refractivity contribution in [3.8, 4) is 0 Å². The fourth-order valence-corrected chi connectivity index (χ4v) is 5.49. The van der Waals surface area contributed by atoms with Gasteiger partial charge in [-0.1, -0.05) is 103 Å². The molecule has 0 saturated carbocycles. The number of carbonyl (C=O) groups is 2. The molecular weight excluding hydrogens is 676 g/mol. The summed E-state index contributed by atoms with van der Waals surface area (Å²) < 4.78 is 35.5. The topological polar surface area (TPSA) is 246 Å². The number of esters is 1. The van der Waals surface area contributed by atoms with Gasteiger partial charge in [0.15, 0.2) is 5.25 Å². The van der Waals surface area contributed by atoms with Crippen molar-refractivity contribution in [1.82, 2.24) is 9.80 Å². The first-order valence-corrected chi connectivity index (χ1v) is 19.9. The largest absolute Gasteiger partial charge is 0.480 e. The van der Waals surface area contributed by atoms with Crippen LogP contribution in [0.4, 0.5) is 0 Å². The molecule has 1 atom stereocenters. The van der Waals surface area contributed by atoms with Crippen molar-refractivity contribution >= 4 is 22.1 Å². The second-order valence-electron chi connectivity index (χ2n) is 12.1. The number of carboxylic acids is 1. The van der Waals surface area contributed by atoms with Crippen LogP contribution in [0.2, 0.25) is 0 Å². The molecule has 0 aliphatic carbocycles. The van der Waals surface area contributed by atoms with Crippen LogP contribution in [0.3, 0.4) is 0 Å². The van der Waals surface area contributed by atoms with Gasteiger partial charge in [0.1, 0.15) is 0 Å². The number of aliphatic carboxylic acids is 1. The normalized spacial score (nSPS) is 11.9. The molecule has 16 heteroatoms. The minimum atomic E-state index is -4.82. The average Bonchev–Trinajstić information content (AvgIpc) is 3.06. The van der Waals surface area contributed by atoms with E-state index in [1.54, 1.807) is 9.80 Å². The van der Waals surface area contributed by atoms with Crippen LogP contribution in [0.1, 0.15) is 116 Å². The van der Waals surface area contributed by atoms with Crippen molar-refractivity contribution in [3.05, 3.63) is 0 Å². The number of carbonyl (C=O) groups excluding carboxylic acids is 1. The molecule has 0 spiro atoms. The molecule has 0 rings (SSSR count). The Labute approximate surface area is 301 Å². The predicted molar refractivity (Wildman–Crippen MR) is 193 cm³/mol. The van der Waals surface area contributed by atoms with Gasteiger partial charge >= 0.3 is 11.9 Å². The second kappa shape index (κ2) is 40.3. The molecule has 0 saturated heterocycles. The molecular formula is C34H72N2O13S. The Bertz CT molecular complexity index is 791. The molecule has 15 nitrogen and oxygen atoms in total. The van der Waals surface area contributed by atoms with E-state index in [9.17, 15) is 18.0 Å². The Hall–Kier alpha value is -1.47. The van der Waals surface area contributed by atoms with Gasteiger partial charge in [0, 0.05) is 39.3 Å². The summed E-state index contributed by atoms with van der Waals surface area (Å²) in [5.41, 5.74) is 0. The van der Waals surface area contributed by atoms with Crippen molar-refractivity contribution < 1.29 is 63.0 Å². The predicted octanol–water partition coefficient (Wildman–Crippen LogP) is 2.05. The molecule has 0 aromatic rings. The standard InChI is InChI=1S/C22H42O7S.2C6H15NO3/c1-2-3-4-5-6-7-8-9-10-11-12-13-14-15-16-17-18-29-21(23)19-20(22(24)25)30(26,27)28;2*8-4-1-7(2-5-9)3-6-10/h20H,2-19H2,1H3,(H,24,25)(H,26,27,28);2*8-10H,1-6H2. The van der Waals surface area contributed by atoms with Crippen LogP contribution in [-0.2, 0) is 24.4 Å². The third kappa shape index (κ3) is 39.3. The summed E-state index contributed by atoms with van der Waals surface area (Å²) in [6.45, 7) is 5.89. The Balaban J connectivity index is -0.000000893. The molecule has 0 aliphatic rings. The molecule has 0 aromatic carbocycles. The number of carboxylic acid groups (broad SMARTS) is 1. The van der Waals surface area contributed by atoms with E-state index < -0.39 is 33.7 Å². The van der Waals surface area contributed by atoms with Gasteiger partial charge in [-0.2, -0.15) is 8.42 Å². The highest BCUT2D eigenvalue weighted by Gasteiger charge is 2.33. The lowest BCUT2D eigenvalue weighted by molar-refractivity contribution is -0.147. The van der Waals surface area contributed by atoms with E-state index in [2.05, 4.69) is 6.92 Å². The number of hydrogen-bond acceptors (Lipinski definition) is 13. The number of rotatable bonds is 33. The number of unbranched alkanes of at least 4 members (excludes halogenated alkanes) is 15. The molecule has 8 N–H and O–H groups in total. The molecule has 0 aromatic heterocycles. The lowest BCUT2D eigenvalue weighted by Gasteiger charge is -2.17. The fraction of sp³-hybridized carbons (Fsp3) is 0.941. The van der Waals surface area contributed by atoms with Gasteiger partial charge < -0.3 is 40.5 Å². The van der Waals surface area contributed by atoms with E-state index in [1.807, 2.05) is 0 Å². The van der Waals surface area contributed by atoms with Crippen LogP contribution < -0.4 is 0 Å². The summed E-state index contributed by atoms with van der Waals surface area (Å²) in [7, 11) is -4.82. The van der Waals surface area contributed by atoms with Crippen LogP contribution in [0.5, 0.6) is 0 Å². The van der Waals surface area contributed by atoms with Crippen LogP contribution >= 0.6 is 0 Å². The highest BCUT2D eigenvalue weighted by molar-refractivity contribution is 7.87. The third-order valence-corrected chi connectivity index (χ3v) is 8.83. The lowest BCUT2D eigenvalue weighted by Crippen LogP contribution is -2.32. The average molecular weight is 749 g/mol. The number of aliphatic hydroxyl groups is 6. The molecule has 0 bridgehead atoms. The maximum absolute atomic E-state index is 11.5. The summed E-state index contributed by atoms with van der Waals surface area (Å²) in [6, 6.07) is 0. The van der Waals surface area contributed by atoms with E-state index in [4.69, 9.17) is 45.0 Å². The van der Waals surface area contributed by atoms with E-state index in [1.165, 1.54) is 77.0 Å². The Morgan fingerprint density at radius 1 is 0.540 bits per heavy atom. The molecule has 0 heterocycles. The van der Waals surface area contributed by atoms with E-state index >= 15 is 0 Å². The summed E-state index contributed by atoms with van der Waals surface area (Å²) in [6.07, 6.45) is 18.9. The summed E-state index contributed by atoms with van der Waals surface area (Å²) in [5, 5.41) is 57.5. The smallest absolute Gasteiger partial charge is 0.325 e. The minimum absolute atomic E-state index is 0.0694. The molecule has 0 amide bonds. The molecule has 0 aliphatic heterocycles. The maximum Gasteiger partial charge on any atom is 0.325 e. The highest BCUT2D eigenvalue weighted by atomic mass is 32.2. The van der Waals surface area contributed by atoms with Gasteiger partial charge in [0.05, 0.1) is 52.7 Å². The molecule has 1 unspecified atom stereocenters. The third-order valence-electron chi connectivity index (χ3n) is 7.75. The first-order chi connectivity index (χ1) is 24.0. The molecule has 302 valence electrons. The van der Waals surface area contributed by atoms with Crippen molar-refractivity contribution in [2.45, 2.75) is 121 Å². The van der Waals surface area contributed by atoms with Crippen molar-refractivity contribution in [1.29, 1.82) is 0 Å². The number of aliphatic hydroxyl groups excluding tert-OH is 6. The zero-order chi connectivity index (χ0) is 38.3. The summed E-state index contributed by atoms with van der Waals surface area (Å²) in [4.78, 5) is 25.9.